The summed E-state index contributed by atoms with van der Waals surface area (Å²) in [6.07, 6.45) is 0. The molecule has 0 amide bonds. The number of rotatable bonds is 2. The quantitative estimate of drug-likeness (QED) is 0.560. The first kappa shape index (κ1) is 14.2. The Morgan fingerprint density at radius 3 is 2.48 bits per heavy atom. The zero-order valence-corrected chi connectivity index (χ0v) is 13.5. The maximum absolute atomic E-state index is 12.6. The SMILES string of the molecule is O=c1[nH]c(-c2ccccc2Cl)nc2scc(-c3ccccc3)c12. The van der Waals surface area contributed by atoms with Gasteiger partial charge in [-0.05, 0) is 17.7 Å². The van der Waals surface area contributed by atoms with Crippen LogP contribution in [-0.2, 0) is 0 Å². The normalized spacial score (nSPS) is 11.0. The van der Waals surface area contributed by atoms with E-state index >= 15 is 0 Å². The summed E-state index contributed by atoms with van der Waals surface area (Å²) in [6, 6.07) is 17.2. The predicted octanol–water partition coefficient (Wildman–Crippen LogP) is 4.97. The lowest BCUT2D eigenvalue weighted by Crippen LogP contribution is -2.09. The number of fused-ring (bicyclic) bond motifs is 1. The Morgan fingerprint density at radius 1 is 0.957 bits per heavy atom. The third-order valence-corrected chi connectivity index (χ3v) is 4.86. The molecule has 112 valence electrons. The summed E-state index contributed by atoms with van der Waals surface area (Å²) in [5, 5.41) is 3.16. The van der Waals surface area contributed by atoms with Crippen molar-refractivity contribution in [1.29, 1.82) is 0 Å². The van der Waals surface area contributed by atoms with Crippen LogP contribution < -0.4 is 5.56 Å². The van der Waals surface area contributed by atoms with Gasteiger partial charge in [-0.3, -0.25) is 4.79 Å². The zero-order valence-electron chi connectivity index (χ0n) is 11.9. The number of thiophene rings is 1. The van der Waals surface area contributed by atoms with Gasteiger partial charge in [-0.1, -0.05) is 54.1 Å². The minimum atomic E-state index is -0.148. The van der Waals surface area contributed by atoms with E-state index in [4.69, 9.17) is 11.6 Å². The Bertz CT molecular complexity index is 1050. The van der Waals surface area contributed by atoms with E-state index in [0.717, 1.165) is 16.7 Å². The van der Waals surface area contributed by atoms with Gasteiger partial charge in [-0.15, -0.1) is 11.3 Å². The number of nitrogens with one attached hydrogen (secondary N) is 1. The van der Waals surface area contributed by atoms with Crippen molar-refractivity contribution in [1.82, 2.24) is 9.97 Å². The number of halogens is 1. The lowest BCUT2D eigenvalue weighted by molar-refractivity contribution is 1.19. The largest absolute Gasteiger partial charge is 0.306 e. The van der Waals surface area contributed by atoms with E-state index in [0.29, 0.717) is 21.1 Å². The Labute approximate surface area is 141 Å². The Morgan fingerprint density at radius 2 is 1.70 bits per heavy atom. The second-order valence-corrected chi connectivity index (χ2v) is 6.36. The monoisotopic (exact) mass is 338 g/mol. The number of hydrogen-bond donors (Lipinski definition) is 1. The maximum atomic E-state index is 12.6. The number of hydrogen-bond acceptors (Lipinski definition) is 3. The molecule has 0 radical (unpaired) electrons. The average molecular weight is 339 g/mol. The van der Waals surface area contributed by atoms with Crippen LogP contribution in [0.1, 0.15) is 0 Å². The highest BCUT2D eigenvalue weighted by atomic mass is 35.5. The minimum Gasteiger partial charge on any atom is -0.306 e. The summed E-state index contributed by atoms with van der Waals surface area (Å²) in [5.41, 5.74) is 2.49. The van der Waals surface area contributed by atoms with Gasteiger partial charge < -0.3 is 4.98 Å². The van der Waals surface area contributed by atoms with Crippen molar-refractivity contribution in [2.45, 2.75) is 0 Å². The molecule has 0 unspecified atom stereocenters. The van der Waals surface area contributed by atoms with Crippen LogP contribution in [0.15, 0.2) is 64.8 Å². The maximum Gasteiger partial charge on any atom is 0.260 e. The molecule has 5 heteroatoms. The molecule has 0 bridgehead atoms. The zero-order chi connectivity index (χ0) is 15.8. The first-order valence-electron chi connectivity index (χ1n) is 7.06. The Kier molecular flexibility index (Phi) is 3.48. The van der Waals surface area contributed by atoms with Gasteiger partial charge in [0.15, 0.2) is 0 Å². The van der Waals surface area contributed by atoms with Gasteiger partial charge in [0.1, 0.15) is 10.7 Å². The highest BCUT2D eigenvalue weighted by molar-refractivity contribution is 7.17. The number of aromatic amines is 1. The van der Waals surface area contributed by atoms with Crippen molar-refractivity contribution in [3.05, 3.63) is 75.4 Å². The van der Waals surface area contributed by atoms with Gasteiger partial charge in [0.05, 0.1) is 10.4 Å². The molecule has 4 rings (SSSR count). The highest BCUT2D eigenvalue weighted by Crippen LogP contribution is 2.32. The van der Waals surface area contributed by atoms with Crippen LogP contribution in [0.4, 0.5) is 0 Å². The molecule has 3 nitrogen and oxygen atoms in total. The predicted molar refractivity (Wildman–Crippen MR) is 96.1 cm³/mol. The molecular weight excluding hydrogens is 328 g/mol. The first-order valence-corrected chi connectivity index (χ1v) is 8.31. The van der Waals surface area contributed by atoms with E-state index < -0.39 is 0 Å². The van der Waals surface area contributed by atoms with Crippen LogP contribution in [0.25, 0.3) is 32.7 Å². The van der Waals surface area contributed by atoms with Crippen molar-refractivity contribution in [2.24, 2.45) is 0 Å². The second kappa shape index (κ2) is 5.65. The number of aromatic nitrogens is 2. The van der Waals surface area contributed by atoms with Crippen molar-refractivity contribution in [2.75, 3.05) is 0 Å². The number of benzene rings is 2. The molecule has 0 atom stereocenters. The molecule has 0 fully saturated rings. The van der Waals surface area contributed by atoms with Crippen molar-refractivity contribution >= 4 is 33.2 Å². The van der Waals surface area contributed by atoms with Crippen molar-refractivity contribution < 1.29 is 0 Å². The van der Waals surface area contributed by atoms with Crippen molar-refractivity contribution in [3.8, 4) is 22.5 Å². The summed E-state index contributed by atoms with van der Waals surface area (Å²) in [5.74, 6) is 0.495. The average Bonchev–Trinajstić information content (AvgIpc) is 3.00. The summed E-state index contributed by atoms with van der Waals surface area (Å²) in [7, 11) is 0. The fourth-order valence-corrected chi connectivity index (χ4v) is 3.73. The van der Waals surface area contributed by atoms with Gasteiger partial charge in [0, 0.05) is 16.5 Å². The molecule has 2 aromatic heterocycles. The molecule has 1 N–H and O–H groups in total. The third-order valence-electron chi connectivity index (χ3n) is 3.66. The standard InChI is InChI=1S/C18H11ClN2OS/c19-14-9-5-4-8-12(14)16-20-17(22)15-13(10-23-18(15)21-16)11-6-2-1-3-7-11/h1-10H,(H,20,21,22). The highest BCUT2D eigenvalue weighted by Gasteiger charge is 2.14. The molecule has 0 aliphatic rings. The van der Waals surface area contributed by atoms with Crippen LogP contribution in [0.2, 0.25) is 5.02 Å². The summed E-state index contributed by atoms with van der Waals surface area (Å²) >= 11 is 7.67. The summed E-state index contributed by atoms with van der Waals surface area (Å²) in [6.45, 7) is 0. The van der Waals surface area contributed by atoms with Gasteiger partial charge in [0.25, 0.3) is 5.56 Å². The van der Waals surface area contributed by atoms with Crippen LogP contribution in [0, 0.1) is 0 Å². The summed E-state index contributed by atoms with van der Waals surface area (Å²) < 4.78 is 0. The molecule has 0 spiro atoms. The van der Waals surface area contributed by atoms with E-state index in [-0.39, 0.29) is 5.56 Å². The number of H-pyrrole nitrogens is 1. The lowest BCUT2D eigenvalue weighted by atomic mass is 10.1. The van der Waals surface area contributed by atoms with Crippen molar-refractivity contribution in [3.63, 3.8) is 0 Å². The lowest BCUT2D eigenvalue weighted by Gasteiger charge is -2.04. The van der Waals surface area contributed by atoms with Crippen LogP contribution in [-0.4, -0.2) is 9.97 Å². The molecule has 2 heterocycles. The van der Waals surface area contributed by atoms with E-state index in [1.165, 1.54) is 11.3 Å². The topological polar surface area (TPSA) is 45.8 Å². The Hall–Kier alpha value is -2.43. The number of nitrogens with zero attached hydrogens (tertiary/aromatic N) is 1. The van der Waals surface area contributed by atoms with Crippen LogP contribution in [0.3, 0.4) is 0 Å². The molecule has 23 heavy (non-hydrogen) atoms. The van der Waals surface area contributed by atoms with E-state index in [1.54, 1.807) is 6.07 Å². The van der Waals surface area contributed by atoms with E-state index in [2.05, 4.69) is 9.97 Å². The fraction of sp³-hybridized carbons (Fsp3) is 0. The van der Waals surface area contributed by atoms with Gasteiger partial charge in [-0.25, -0.2) is 4.98 Å². The van der Waals surface area contributed by atoms with E-state index in [9.17, 15) is 4.79 Å². The molecular formula is C18H11ClN2OS. The third kappa shape index (κ3) is 2.46. The van der Waals surface area contributed by atoms with Gasteiger partial charge in [-0.2, -0.15) is 0 Å². The second-order valence-electron chi connectivity index (χ2n) is 5.09. The fourth-order valence-electron chi connectivity index (χ4n) is 2.56. The van der Waals surface area contributed by atoms with Gasteiger partial charge in [0.2, 0.25) is 0 Å². The molecule has 0 aliphatic heterocycles. The minimum absolute atomic E-state index is 0.148. The molecule has 0 saturated heterocycles. The van der Waals surface area contributed by atoms with Crippen LogP contribution in [0.5, 0.6) is 0 Å². The molecule has 4 aromatic rings. The van der Waals surface area contributed by atoms with Gasteiger partial charge >= 0.3 is 0 Å². The molecule has 0 saturated carbocycles. The van der Waals surface area contributed by atoms with E-state index in [1.807, 2.05) is 53.9 Å². The molecule has 0 aliphatic carbocycles. The smallest absolute Gasteiger partial charge is 0.260 e. The summed E-state index contributed by atoms with van der Waals surface area (Å²) in [4.78, 5) is 20.8. The molecule has 2 aromatic carbocycles. The first-order chi connectivity index (χ1) is 11.2. The Balaban J connectivity index is 1.95. The van der Waals surface area contributed by atoms with Crippen LogP contribution >= 0.6 is 22.9 Å².